The summed E-state index contributed by atoms with van der Waals surface area (Å²) in [5, 5.41) is 9.57. The lowest BCUT2D eigenvalue weighted by Crippen LogP contribution is -2.10. The van der Waals surface area contributed by atoms with E-state index in [1.54, 1.807) is 13.2 Å². The summed E-state index contributed by atoms with van der Waals surface area (Å²) in [7, 11) is 1.56. The van der Waals surface area contributed by atoms with Crippen molar-refractivity contribution in [3.05, 3.63) is 23.8 Å². The predicted octanol–water partition coefficient (Wildman–Crippen LogP) is 4.54. The van der Waals surface area contributed by atoms with E-state index in [1.807, 2.05) is 12.1 Å². The molecule has 0 aliphatic carbocycles. The Morgan fingerprint density at radius 2 is 1.75 bits per heavy atom. The summed E-state index contributed by atoms with van der Waals surface area (Å²) in [6.07, 6.45) is 10.1. The molecule has 0 bridgehead atoms. The molecule has 114 valence electrons. The van der Waals surface area contributed by atoms with Crippen LogP contribution < -0.4 is 10.5 Å². The third-order valence-corrected chi connectivity index (χ3v) is 3.75. The van der Waals surface area contributed by atoms with E-state index >= 15 is 0 Å². The van der Waals surface area contributed by atoms with Crippen LogP contribution in [0.4, 0.5) is 0 Å². The number of rotatable bonds is 10. The molecule has 0 saturated carbocycles. The minimum atomic E-state index is 0.0279. The van der Waals surface area contributed by atoms with Crippen LogP contribution in [-0.2, 0) is 0 Å². The Labute approximate surface area is 123 Å². The van der Waals surface area contributed by atoms with Crippen molar-refractivity contribution in [2.75, 3.05) is 7.11 Å². The zero-order chi connectivity index (χ0) is 14.8. The maximum Gasteiger partial charge on any atom is 0.160 e. The van der Waals surface area contributed by atoms with Crippen LogP contribution in [0.15, 0.2) is 18.2 Å². The van der Waals surface area contributed by atoms with Crippen LogP contribution in [0.2, 0.25) is 0 Å². The van der Waals surface area contributed by atoms with Gasteiger partial charge >= 0.3 is 0 Å². The zero-order valence-electron chi connectivity index (χ0n) is 12.9. The van der Waals surface area contributed by atoms with Crippen LogP contribution in [0, 0.1) is 0 Å². The maximum absolute atomic E-state index is 9.57. The number of benzene rings is 1. The molecule has 3 heteroatoms. The van der Waals surface area contributed by atoms with Crippen molar-refractivity contribution in [1.82, 2.24) is 0 Å². The van der Waals surface area contributed by atoms with E-state index in [2.05, 4.69) is 6.92 Å². The highest BCUT2D eigenvalue weighted by Gasteiger charge is 2.09. The number of hydrogen-bond donors (Lipinski definition) is 2. The second-order valence-electron chi connectivity index (χ2n) is 5.45. The summed E-state index contributed by atoms with van der Waals surface area (Å²) in [4.78, 5) is 0. The fourth-order valence-corrected chi connectivity index (χ4v) is 2.41. The van der Waals surface area contributed by atoms with Gasteiger partial charge in [-0.15, -0.1) is 0 Å². The Morgan fingerprint density at radius 3 is 2.40 bits per heavy atom. The van der Waals surface area contributed by atoms with Crippen LogP contribution in [0.3, 0.4) is 0 Å². The molecule has 1 rings (SSSR count). The van der Waals surface area contributed by atoms with Crippen molar-refractivity contribution in [3.8, 4) is 11.5 Å². The summed E-state index contributed by atoms with van der Waals surface area (Å²) in [5.41, 5.74) is 7.23. The van der Waals surface area contributed by atoms with Crippen molar-refractivity contribution in [1.29, 1.82) is 0 Å². The molecule has 0 saturated heterocycles. The number of aromatic hydroxyl groups is 1. The van der Waals surface area contributed by atoms with Gasteiger partial charge in [0.15, 0.2) is 11.5 Å². The van der Waals surface area contributed by atoms with Gasteiger partial charge in [0.2, 0.25) is 0 Å². The highest BCUT2D eigenvalue weighted by Crippen LogP contribution is 2.29. The molecule has 3 N–H and O–H groups in total. The van der Waals surface area contributed by atoms with E-state index in [1.165, 1.54) is 38.5 Å². The lowest BCUT2D eigenvalue weighted by Gasteiger charge is -2.13. The lowest BCUT2D eigenvalue weighted by atomic mass is 10.00. The Morgan fingerprint density at radius 1 is 1.10 bits per heavy atom. The van der Waals surface area contributed by atoms with Crippen molar-refractivity contribution >= 4 is 0 Å². The summed E-state index contributed by atoms with van der Waals surface area (Å²) in [6.45, 7) is 2.24. The number of phenolic OH excluding ortho intramolecular Hbond substituents is 1. The molecular formula is C17H29NO2. The molecule has 1 atom stereocenters. The standard InChI is InChI=1S/C17H29NO2/c1-3-4-5-6-7-8-9-10-15(18)14-11-12-16(19)17(13-14)20-2/h11-13,15,19H,3-10,18H2,1-2H3. The number of methoxy groups -OCH3 is 1. The molecule has 0 amide bonds. The van der Waals surface area contributed by atoms with Crippen LogP contribution >= 0.6 is 0 Å². The van der Waals surface area contributed by atoms with Crippen molar-refractivity contribution in [2.24, 2.45) is 5.73 Å². The van der Waals surface area contributed by atoms with Crippen molar-refractivity contribution in [3.63, 3.8) is 0 Å². The van der Waals surface area contributed by atoms with Gasteiger partial charge in [0.1, 0.15) is 0 Å². The van der Waals surface area contributed by atoms with Crippen molar-refractivity contribution in [2.45, 2.75) is 64.3 Å². The van der Waals surface area contributed by atoms with Crippen LogP contribution in [-0.4, -0.2) is 12.2 Å². The average molecular weight is 279 g/mol. The van der Waals surface area contributed by atoms with Crippen LogP contribution in [0.1, 0.15) is 69.9 Å². The summed E-state index contributed by atoms with van der Waals surface area (Å²) >= 11 is 0. The van der Waals surface area contributed by atoms with Crippen molar-refractivity contribution < 1.29 is 9.84 Å². The minimum Gasteiger partial charge on any atom is -0.504 e. The number of unbranched alkanes of at least 4 members (excludes halogenated alkanes) is 6. The van der Waals surface area contributed by atoms with E-state index in [0.29, 0.717) is 5.75 Å². The third kappa shape index (κ3) is 5.83. The number of ether oxygens (including phenoxy) is 1. The summed E-state index contributed by atoms with van der Waals surface area (Å²) < 4.78 is 5.11. The first-order chi connectivity index (χ1) is 9.69. The van der Waals surface area contributed by atoms with E-state index in [4.69, 9.17) is 10.5 Å². The lowest BCUT2D eigenvalue weighted by molar-refractivity contribution is 0.372. The van der Waals surface area contributed by atoms with Gasteiger partial charge in [-0.05, 0) is 24.1 Å². The third-order valence-electron chi connectivity index (χ3n) is 3.75. The molecule has 0 fully saturated rings. The first kappa shape index (κ1) is 16.8. The van der Waals surface area contributed by atoms with Gasteiger partial charge in [0.25, 0.3) is 0 Å². The van der Waals surface area contributed by atoms with Gasteiger partial charge in [0, 0.05) is 6.04 Å². The van der Waals surface area contributed by atoms with Gasteiger partial charge in [-0.2, -0.15) is 0 Å². The molecule has 0 heterocycles. The van der Waals surface area contributed by atoms with Gasteiger partial charge < -0.3 is 15.6 Å². The molecule has 1 aromatic rings. The number of hydrogen-bond acceptors (Lipinski definition) is 3. The molecule has 20 heavy (non-hydrogen) atoms. The zero-order valence-corrected chi connectivity index (χ0v) is 12.9. The molecule has 0 aromatic heterocycles. The van der Waals surface area contributed by atoms with E-state index in [9.17, 15) is 5.11 Å². The molecule has 0 aliphatic heterocycles. The highest BCUT2D eigenvalue weighted by molar-refractivity contribution is 5.42. The molecule has 0 aliphatic rings. The molecule has 3 nitrogen and oxygen atoms in total. The normalized spacial score (nSPS) is 12.3. The Hall–Kier alpha value is -1.22. The summed E-state index contributed by atoms with van der Waals surface area (Å²) in [5.74, 6) is 0.664. The monoisotopic (exact) mass is 279 g/mol. The second-order valence-corrected chi connectivity index (χ2v) is 5.45. The Kier molecular flexibility index (Phi) is 8.12. The van der Waals surface area contributed by atoms with E-state index in [-0.39, 0.29) is 11.8 Å². The number of phenols is 1. The molecule has 0 spiro atoms. The quantitative estimate of drug-likeness (QED) is 0.618. The maximum atomic E-state index is 9.57. The predicted molar refractivity (Wildman–Crippen MR) is 84.2 cm³/mol. The fourth-order valence-electron chi connectivity index (χ4n) is 2.41. The van der Waals surface area contributed by atoms with Gasteiger partial charge in [-0.3, -0.25) is 0 Å². The average Bonchev–Trinajstić information content (AvgIpc) is 2.46. The van der Waals surface area contributed by atoms with Gasteiger partial charge in [-0.1, -0.05) is 57.9 Å². The van der Waals surface area contributed by atoms with E-state index < -0.39 is 0 Å². The highest BCUT2D eigenvalue weighted by atomic mass is 16.5. The first-order valence-electron chi connectivity index (χ1n) is 7.81. The second kappa shape index (κ2) is 9.65. The van der Waals surface area contributed by atoms with Gasteiger partial charge in [-0.25, -0.2) is 0 Å². The van der Waals surface area contributed by atoms with E-state index in [0.717, 1.165) is 18.4 Å². The molecule has 1 aromatic carbocycles. The Balaban J connectivity index is 2.27. The SMILES string of the molecule is CCCCCCCCCC(N)c1ccc(O)c(OC)c1. The smallest absolute Gasteiger partial charge is 0.160 e. The van der Waals surface area contributed by atoms with Crippen LogP contribution in [0.25, 0.3) is 0 Å². The Bertz CT molecular complexity index is 379. The molecule has 1 unspecified atom stereocenters. The topological polar surface area (TPSA) is 55.5 Å². The molecular weight excluding hydrogens is 250 g/mol. The first-order valence-corrected chi connectivity index (χ1v) is 7.81. The largest absolute Gasteiger partial charge is 0.504 e. The minimum absolute atomic E-state index is 0.0279. The molecule has 0 radical (unpaired) electrons. The van der Waals surface area contributed by atoms with Crippen LogP contribution in [0.5, 0.6) is 11.5 Å². The summed E-state index contributed by atoms with van der Waals surface area (Å²) in [6, 6.07) is 5.39. The number of nitrogens with two attached hydrogens (primary N) is 1. The van der Waals surface area contributed by atoms with Gasteiger partial charge in [0.05, 0.1) is 7.11 Å². The fraction of sp³-hybridized carbons (Fsp3) is 0.647.